The van der Waals surface area contributed by atoms with E-state index >= 15 is 0 Å². The maximum atomic E-state index is 11.7. The van der Waals surface area contributed by atoms with E-state index in [1.54, 1.807) is 0 Å². The third-order valence-electron chi connectivity index (χ3n) is 5.23. The molecule has 0 bridgehead atoms. The molecule has 0 amide bonds. The summed E-state index contributed by atoms with van der Waals surface area (Å²) >= 11 is 1.94. The fraction of sp³-hybridized carbons (Fsp3) is 0.519. The molecule has 0 aliphatic rings. The third kappa shape index (κ3) is 10.8. The Kier molecular flexibility index (Phi) is 12.9. The summed E-state index contributed by atoms with van der Waals surface area (Å²) in [7, 11) is 0. The van der Waals surface area contributed by atoms with Gasteiger partial charge in [0.2, 0.25) is 0 Å². The molecule has 2 aromatic carbocycles. The van der Waals surface area contributed by atoms with Crippen LogP contribution in [0.1, 0.15) is 78.1 Å². The van der Waals surface area contributed by atoms with Crippen LogP contribution < -0.4 is 4.74 Å². The molecule has 4 heteroatoms. The highest BCUT2D eigenvalue weighted by Gasteiger charge is 2.06. The van der Waals surface area contributed by atoms with Crippen LogP contribution >= 0.6 is 11.8 Å². The highest BCUT2D eigenvalue weighted by Crippen LogP contribution is 2.26. The summed E-state index contributed by atoms with van der Waals surface area (Å²) in [6.07, 6.45) is 11.9. The second kappa shape index (κ2) is 15.8. The first-order valence-corrected chi connectivity index (χ1v) is 12.9. The maximum absolute atomic E-state index is 11.7. The Balaban J connectivity index is 1.70. The van der Waals surface area contributed by atoms with Crippen molar-refractivity contribution in [2.45, 2.75) is 83.0 Å². The molecule has 0 aliphatic carbocycles. The fourth-order valence-electron chi connectivity index (χ4n) is 3.34. The predicted molar refractivity (Wildman–Crippen MR) is 132 cm³/mol. The van der Waals surface area contributed by atoms with Gasteiger partial charge >= 0.3 is 6.16 Å². The van der Waals surface area contributed by atoms with Crippen LogP contribution in [-0.4, -0.2) is 18.5 Å². The molecule has 3 nitrogen and oxygen atoms in total. The van der Waals surface area contributed by atoms with Crippen molar-refractivity contribution in [1.82, 2.24) is 0 Å². The Morgan fingerprint density at radius 1 is 0.710 bits per heavy atom. The van der Waals surface area contributed by atoms with E-state index in [4.69, 9.17) is 9.47 Å². The Labute approximate surface area is 192 Å². The van der Waals surface area contributed by atoms with E-state index in [1.807, 2.05) is 36.0 Å². The number of hydrogen-bond donors (Lipinski definition) is 0. The molecular weight excluding hydrogens is 404 g/mol. The van der Waals surface area contributed by atoms with Gasteiger partial charge in [-0.3, -0.25) is 0 Å². The third-order valence-corrected chi connectivity index (χ3v) is 6.33. The summed E-state index contributed by atoms with van der Waals surface area (Å²) in [5.74, 6) is 1.69. The smallest absolute Gasteiger partial charge is 0.434 e. The molecule has 0 saturated heterocycles. The van der Waals surface area contributed by atoms with Gasteiger partial charge in [0.05, 0.1) is 6.61 Å². The predicted octanol–water partition coefficient (Wildman–Crippen LogP) is 8.90. The van der Waals surface area contributed by atoms with Crippen molar-refractivity contribution in [3.63, 3.8) is 0 Å². The number of benzene rings is 2. The molecule has 2 rings (SSSR count). The summed E-state index contributed by atoms with van der Waals surface area (Å²) in [6.45, 7) is 4.79. The van der Waals surface area contributed by atoms with Gasteiger partial charge in [0.15, 0.2) is 0 Å². The number of carbonyl (C=O) groups excluding carboxylic acids is 1. The van der Waals surface area contributed by atoms with Gasteiger partial charge in [-0.1, -0.05) is 89.5 Å². The largest absolute Gasteiger partial charge is 0.513 e. The van der Waals surface area contributed by atoms with Crippen LogP contribution in [0.2, 0.25) is 0 Å². The molecule has 0 saturated carbocycles. The molecule has 0 N–H and O–H groups in total. The SMILES string of the molecule is CCCCCCCCCSc1ccc(-c2ccc(OC(=O)OCCCCC)cc2)cc1. The van der Waals surface area contributed by atoms with Crippen molar-refractivity contribution < 1.29 is 14.3 Å². The van der Waals surface area contributed by atoms with Crippen LogP contribution in [0.5, 0.6) is 5.75 Å². The zero-order chi connectivity index (χ0) is 22.2. The van der Waals surface area contributed by atoms with Gasteiger partial charge in [-0.15, -0.1) is 11.8 Å². The van der Waals surface area contributed by atoms with Crippen molar-refractivity contribution in [3.05, 3.63) is 48.5 Å². The lowest BCUT2D eigenvalue weighted by molar-refractivity contribution is 0.0974. The summed E-state index contributed by atoms with van der Waals surface area (Å²) in [6, 6.07) is 16.3. The summed E-state index contributed by atoms with van der Waals surface area (Å²) < 4.78 is 10.3. The van der Waals surface area contributed by atoms with Crippen LogP contribution in [0.25, 0.3) is 11.1 Å². The van der Waals surface area contributed by atoms with Gasteiger partial charge in [-0.25, -0.2) is 4.79 Å². The Bertz CT molecular complexity index is 725. The van der Waals surface area contributed by atoms with Gasteiger partial charge < -0.3 is 9.47 Å². The van der Waals surface area contributed by atoms with E-state index in [1.165, 1.54) is 55.6 Å². The van der Waals surface area contributed by atoms with Crippen molar-refractivity contribution in [3.8, 4) is 16.9 Å². The van der Waals surface area contributed by atoms with Crippen molar-refractivity contribution in [2.24, 2.45) is 0 Å². The number of carbonyl (C=O) groups is 1. The molecule has 0 spiro atoms. The lowest BCUT2D eigenvalue weighted by Crippen LogP contribution is -2.11. The molecular formula is C27H38O3S. The average molecular weight is 443 g/mol. The molecule has 2 aromatic rings. The monoisotopic (exact) mass is 442 g/mol. The zero-order valence-electron chi connectivity index (χ0n) is 19.2. The summed E-state index contributed by atoms with van der Waals surface area (Å²) in [5.41, 5.74) is 2.27. The molecule has 0 heterocycles. The molecule has 31 heavy (non-hydrogen) atoms. The van der Waals surface area contributed by atoms with Gasteiger partial charge in [-0.2, -0.15) is 0 Å². The van der Waals surface area contributed by atoms with Crippen LogP contribution in [0.3, 0.4) is 0 Å². The Morgan fingerprint density at radius 2 is 1.26 bits per heavy atom. The topological polar surface area (TPSA) is 35.5 Å². The van der Waals surface area contributed by atoms with E-state index < -0.39 is 6.16 Å². The van der Waals surface area contributed by atoms with Crippen molar-refractivity contribution in [2.75, 3.05) is 12.4 Å². The first kappa shape index (κ1) is 25.3. The number of ether oxygens (including phenoxy) is 2. The number of thioether (sulfide) groups is 1. The second-order valence-electron chi connectivity index (χ2n) is 7.93. The van der Waals surface area contributed by atoms with Crippen molar-refractivity contribution in [1.29, 1.82) is 0 Å². The average Bonchev–Trinajstić information content (AvgIpc) is 2.79. The van der Waals surface area contributed by atoms with Gasteiger partial charge in [0, 0.05) is 4.90 Å². The minimum atomic E-state index is -0.633. The second-order valence-corrected chi connectivity index (χ2v) is 9.09. The molecule has 0 aliphatic heterocycles. The molecule has 0 aromatic heterocycles. The lowest BCUT2D eigenvalue weighted by Gasteiger charge is -2.08. The molecule has 0 unspecified atom stereocenters. The Morgan fingerprint density at radius 3 is 1.90 bits per heavy atom. The fourth-order valence-corrected chi connectivity index (χ4v) is 4.25. The highest BCUT2D eigenvalue weighted by atomic mass is 32.2. The number of hydrogen-bond acceptors (Lipinski definition) is 4. The minimum absolute atomic E-state index is 0.411. The normalized spacial score (nSPS) is 10.8. The van der Waals surface area contributed by atoms with Gasteiger partial charge in [-0.05, 0) is 54.0 Å². The van der Waals surface area contributed by atoms with Crippen LogP contribution in [-0.2, 0) is 4.74 Å². The van der Waals surface area contributed by atoms with Crippen molar-refractivity contribution >= 4 is 17.9 Å². The quantitative estimate of drug-likeness (QED) is 0.119. The summed E-state index contributed by atoms with van der Waals surface area (Å²) in [4.78, 5) is 13.0. The number of unbranched alkanes of at least 4 members (excludes halogenated alkanes) is 8. The number of rotatable bonds is 15. The van der Waals surface area contributed by atoms with E-state index in [-0.39, 0.29) is 0 Å². The van der Waals surface area contributed by atoms with Crippen LogP contribution in [0.4, 0.5) is 4.79 Å². The van der Waals surface area contributed by atoms with E-state index in [0.29, 0.717) is 12.4 Å². The van der Waals surface area contributed by atoms with Gasteiger partial charge in [0.1, 0.15) is 5.75 Å². The maximum Gasteiger partial charge on any atom is 0.513 e. The zero-order valence-corrected chi connectivity index (χ0v) is 20.1. The molecule has 170 valence electrons. The first-order chi connectivity index (χ1) is 15.2. The minimum Gasteiger partial charge on any atom is -0.434 e. The van der Waals surface area contributed by atoms with E-state index in [2.05, 4.69) is 38.1 Å². The van der Waals surface area contributed by atoms with Crippen LogP contribution in [0.15, 0.2) is 53.4 Å². The highest BCUT2D eigenvalue weighted by molar-refractivity contribution is 7.99. The Hall–Kier alpha value is -1.94. The first-order valence-electron chi connectivity index (χ1n) is 11.9. The lowest BCUT2D eigenvalue weighted by atomic mass is 10.1. The van der Waals surface area contributed by atoms with Crippen LogP contribution in [0, 0.1) is 0 Å². The van der Waals surface area contributed by atoms with E-state index in [9.17, 15) is 4.79 Å². The standard InChI is InChI=1S/C27H38O3S/c1-3-5-7-8-9-10-12-22-31-26-19-15-24(16-20-26)23-13-17-25(18-14-23)30-27(28)29-21-11-6-4-2/h13-20H,3-12,21-22H2,1-2H3. The van der Waals surface area contributed by atoms with E-state index in [0.717, 1.165) is 30.4 Å². The molecule has 0 atom stereocenters. The van der Waals surface area contributed by atoms with Gasteiger partial charge in [0.25, 0.3) is 0 Å². The molecule has 0 radical (unpaired) electrons. The summed E-state index contributed by atoms with van der Waals surface area (Å²) in [5, 5.41) is 0. The molecule has 0 fully saturated rings.